The van der Waals surface area contributed by atoms with Crippen LogP contribution in [0.1, 0.15) is 0 Å². The van der Waals surface area contributed by atoms with Crippen molar-refractivity contribution in [2.45, 2.75) is 6.54 Å². The highest BCUT2D eigenvalue weighted by Gasteiger charge is 2.17. The molecule has 0 bridgehead atoms. The summed E-state index contributed by atoms with van der Waals surface area (Å²) in [5.74, 6) is -0.143. The van der Waals surface area contributed by atoms with Crippen LogP contribution in [0.15, 0.2) is 45.6 Å². The van der Waals surface area contributed by atoms with E-state index in [1.54, 1.807) is 18.2 Å². The van der Waals surface area contributed by atoms with Gasteiger partial charge in [-0.3, -0.25) is 19.5 Å². The first-order valence-electron chi connectivity index (χ1n) is 7.48. The molecule has 2 aromatic carbocycles. The molecule has 10 heteroatoms. The molecule has 26 heavy (non-hydrogen) atoms. The lowest BCUT2D eigenvalue weighted by molar-refractivity contribution is -0.384. The zero-order valence-electron chi connectivity index (χ0n) is 13.1. The van der Waals surface area contributed by atoms with Crippen LogP contribution in [0.2, 0.25) is 0 Å². The molecule has 10 nitrogen and oxygen atoms in total. The van der Waals surface area contributed by atoms with E-state index in [1.165, 1.54) is 12.1 Å². The number of benzene rings is 2. The monoisotopic (exact) mass is 357 g/mol. The maximum Gasteiger partial charge on any atom is 0.420 e. The summed E-state index contributed by atoms with van der Waals surface area (Å²) in [6.45, 7) is -0.187. The summed E-state index contributed by atoms with van der Waals surface area (Å²) in [4.78, 5) is 34.4. The Balaban J connectivity index is 1.57. The average molecular weight is 357 g/mol. The maximum absolute atomic E-state index is 12.3. The minimum absolute atomic E-state index is 0.0417. The number of carbonyl (C=O) groups excluding carboxylic acids is 1. The van der Waals surface area contributed by atoms with Gasteiger partial charge in [-0.15, -0.1) is 0 Å². The lowest BCUT2D eigenvalue weighted by atomic mass is 10.2. The van der Waals surface area contributed by atoms with Gasteiger partial charge in [-0.05, 0) is 18.2 Å². The quantitative estimate of drug-likeness (QED) is 0.558. The van der Waals surface area contributed by atoms with Gasteiger partial charge in [0.1, 0.15) is 6.54 Å². The maximum atomic E-state index is 12.3. The van der Waals surface area contributed by atoms with Gasteiger partial charge in [-0.1, -0.05) is 0 Å². The van der Waals surface area contributed by atoms with Gasteiger partial charge in [-0.25, -0.2) is 4.79 Å². The van der Waals surface area contributed by atoms with E-state index in [-0.39, 0.29) is 24.6 Å². The third-order valence-corrected chi connectivity index (χ3v) is 3.82. The molecule has 1 aliphatic heterocycles. The topological polar surface area (TPSA) is 126 Å². The summed E-state index contributed by atoms with van der Waals surface area (Å²) in [6.07, 6.45) is 0. The number of anilines is 1. The molecule has 0 atom stereocenters. The van der Waals surface area contributed by atoms with Crippen molar-refractivity contribution in [3.63, 3.8) is 0 Å². The second-order valence-electron chi connectivity index (χ2n) is 5.48. The Kier molecular flexibility index (Phi) is 3.57. The van der Waals surface area contributed by atoms with E-state index in [2.05, 4.69) is 5.32 Å². The van der Waals surface area contributed by atoms with Crippen LogP contribution in [-0.2, 0) is 11.3 Å². The van der Waals surface area contributed by atoms with Crippen LogP contribution in [0, 0.1) is 10.1 Å². The van der Waals surface area contributed by atoms with E-state index in [0.717, 1.165) is 10.6 Å². The smallest absolute Gasteiger partial charge is 0.420 e. The Hall–Kier alpha value is -3.82. The third kappa shape index (κ3) is 2.73. The van der Waals surface area contributed by atoms with Crippen LogP contribution in [-0.4, -0.2) is 22.2 Å². The van der Waals surface area contributed by atoms with Crippen molar-refractivity contribution in [3.8, 4) is 11.5 Å². The number of nitro benzene ring substituents is 1. The van der Waals surface area contributed by atoms with E-state index in [4.69, 9.17) is 13.9 Å². The van der Waals surface area contributed by atoms with E-state index in [1.807, 2.05) is 0 Å². The fraction of sp³-hybridized carbons (Fsp3) is 0.125. The molecule has 0 aliphatic carbocycles. The number of hydrogen-bond acceptors (Lipinski definition) is 7. The van der Waals surface area contributed by atoms with Crippen LogP contribution >= 0.6 is 0 Å². The van der Waals surface area contributed by atoms with Crippen LogP contribution in [0.25, 0.3) is 11.1 Å². The molecular formula is C16H11N3O7. The first kappa shape index (κ1) is 15.7. The zero-order valence-corrected chi connectivity index (χ0v) is 13.1. The van der Waals surface area contributed by atoms with Crippen molar-refractivity contribution in [2.75, 3.05) is 12.1 Å². The van der Waals surface area contributed by atoms with Gasteiger partial charge in [0.2, 0.25) is 12.7 Å². The largest absolute Gasteiger partial charge is 0.454 e. The molecule has 0 radical (unpaired) electrons. The number of amides is 1. The number of aromatic nitrogens is 1. The first-order valence-corrected chi connectivity index (χ1v) is 7.48. The van der Waals surface area contributed by atoms with Crippen molar-refractivity contribution in [1.29, 1.82) is 0 Å². The first-order chi connectivity index (χ1) is 12.5. The Morgan fingerprint density at radius 3 is 2.81 bits per heavy atom. The van der Waals surface area contributed by atoms with Gasteiger partial charge in [0.25, 0.3) is 5.69 Å². The number of non-ortho nitro benzene ring substituents is 1. The van der Waals surface area contributed by atoms with Gasteiger partial charge in [0.15, 0.2) is 17.1 Å². The summed E-state index contributed by atoms with van der Waals surface area (Å²) in [7, 11) is 0. The SMILES string of the molecule is O=C(Cn1c(=O)oc2cc([N+](=O)[O-])ccc21)Nc1ccc2c(c1)OCO2. The zero-order chi connectivity index (χ0) is 18.3. The lowest BCUT2D eigenvalue weighted by Crippen LogP contribution is -2.24. The van der Waals surface area contributed by atoms with Crippen LogP contribution in [0.4, 0.5) is 11.4 Å². The number of nitrogens with zero attached hydrogens (tertiary/aromatic N) is 2. The number of fused-ring (bicyclic) bond motifs is 2. The molecule has 1 N–H and O–H groups in total. The van der Waals surface area contributed by atoms with Crippen molar-refractivity contribution < 1.29 is 23.6 Å². The van der Waals surface area contributed by atoms with E-state index in [0.29, 0.717) is 22.7 Å². The highest BCUT2D eigenvalue weighted by Crippen LogP contribution is 2.34. The average Bonchev–Trinajstić information content (AvgIpc) is 3.18. The predicted molar refractivity (Wildman–Crippen MR) is 88.3 cm³/mol. The van der Waals surface area contributed by atoms with Crippen molar-refractivity contribution in [1.82, 2.24) is 4.57 Å². The third-order valence-electron chi connectivity index (χ3n) is 3.82. The highest BCUT2D eigenvalue weighted by molar-refractivity contribution is 5.92. The van der Waals surface area contributed by atoms with Crippen LogP contribution < -0.4 is 20.5 Å². The molecule has 1 aliphatic rings. The summed E-state index contributed by atoms with van der Waals surface area (Å²) >= 11 is 0. The van der Waals surface area contributed by atoms with Gasteiger partial charge >= 0.3 is 5.76 Å². The molecule has 1 amide bonds. The molecule has 0 unspecified atom stereocenters. The summed E-state index contributed by atoms with van der Waals surface area (Å²) in [5.41, 5.74) is 0.612. The molecule has 1 aromatic heterocycles. The second kappa shape index (κ2) is 5.92. The second-order valence-corrected chi connectivity index (χ2v) is 5.48. The summed E-state index contributed by atoms with van der Waals surface area (Å²) in [5, 5.41) is 13.4. The minimum atomic E-state index is -0.777. The van der Waals surface area contributed by atoms with Crippen molar-refractivity contribution >= 4 is 28.4 Å². The van der Waals surface area contributed by atoms with Gasteiger partial charge in [0, 0.05) is 17.8 Å². The molecule has 132 valence electrons. The molecule has 0 fully saturated rings. The number of carbonyl (C=O) groups is 1. The number of oxazole rings is 1. The van der Waals surface area contributed by atoms with Crippen LogP contribution in [0.3, 0.4) is 0 Å². The number of ether oxygens (including phenoxy) is 2. The number of nitro groups is 1. The predicted octanol–water partition coefficient (Wildman–Crippen LogP) is 1.87. The lowest BCUT2D eigenvalue weighted by Gasteiger charge is -2.06. The van der Waals surface area contributed by atoms with Gasteiger partial charge < -0.3 is 19.2 Å². The van der Waals surface area contributed by atoms with E-state index in [9.17, 15) is 19.7 Å². The molecule has 3 aromatic rings. The molecule has 0 saturated heterocycles. The van der Waals surface area contributed by atoms with E-state index >= 15 is 0 Å². The Morgan fingerprint density at radius 1 is 1.19 bits per heavy atom. The molecule has 0 saturated carbocycles. The molecule has 0 spiro atoms. The normalized spacial score (nSPS) is 12.3. The Morgan fingerprint density at radius 2 is 2.00 bits per heavy atom. The number of nitrogens with one attached hydrogen (secondary N) is 1. The van der Waals surface area contributed by atoms with Crippen molar-refractivity contribution in [3.05, 3.63) is 57.1 Å². The number of rotatable bonds is 4. The standard InChI is InChI=1S/C16H11N3O7/c20-15(17-9-1-4-12-14(5-9)25-8-24-12)7-18-11-3-2-10(19(22)23)6-13(11)26-16(18)21/h1-6H,7-8H2,(H,17,20). The van der Waals surface area contributed by atoms with E-state index < -0.39 is 16.6 Å². The molecular weight excluding hydrogens is 346 g/mol. The summed E-state index contributed by atoms with van der Waals surface area (Å²) < 4.78 is 16.5. The van der Waals surface area contributed by atoms with Crippen molar-refractivity contribution in [2.24, 2.45) is 0 Å². The molecule has 4 rings (SSSR count). The summed E-state index contributed by atoms with van der Waals surface area (Å²) in [6, 6.07) is 8.67. The fourth-order valence-electron chi connectivity index (χ4n) is 2.64. The number of hydrogen-bond donors (Lipinski definition) is 1. The highest BCUT2D eigenvalue weighted by atomic mass is 16.7. The Bertz CT molecular complexity index is 1100. The molecule has 2 heterocycles. The van der Waals surface area contributed by atoms with Gasteiger partial charge in [-0.2, -0.15) is 0 Å². The minimum Gasteiger partial charge on any atom is -0.454 e. The fourth-order valence-corrected chi connectivity index (χ4v) is 2.64. The van der Waals surface area contributed by atoms with Crippen LogP contribution in [0.5, 0.6) is 11.5 Å². The van der Waals surface area contributed by atoms with Gasteiger partial charge in [0.05, 0.1) is 16.5 Å². The Labute approximate surface area is 144 Å².